The lowest BCUT2D eigenvalue weighted by Gasteiger charge is -2.08. The molecular weight excluding hydrogens is 411 g/mol. The van der Waals surface area contributed by atoms with Gasteiger partial charge in [-0.2, -0.15) is 10.1 Å². The van der Waals surface area contributed by atoms with Crippen LogP contribution in [0.25, 0.3) is 23.0 Å². The van der Waals surface area contributed by atoms with E-state index in [2.05, 4.69) is 25.0 Å². The van der Waals surface area contributed by atoms with Crippen LogP contribution in [0.3, 0.4) is 0 Å². The zero-order valence-electron chi connectivity index (χ0n) is 16.7. The van der Waals surface area contributed by atoms with Crippen molar-refractivity contribution in [2.24, 2.45) is 0 Å². The molecule has 4 aromatic rings. The Morgan fingerprint density at radius 3 is 2.58 bits per heavy atom. The van der Waals surface area contributed by atoms with Crippen molar-refractivity contribution in [1.29, 1.82) is 0 Å². The Morgan fingerprint density at radius 2 is 1.87 bits per heavy atom. The highest BCUT2D eigenvalue weighted by Gasteiger charge is 2.31. The van der Waals surface area contributed by atoms with Crippen molar-refractivity contribution in [3.63, 3.8) is 0 Å². The maximum absolute atomic E-state index is 12.3. The monoisotopic (exact) mass is 429 g/mol. The highest BCUT2D eigenvalue weighted by molar-refractivity contribution is 5.58. The Labute approximate surface area is 175 Å². The fraction of sp³-hybridized carbons (Fsp3) is 0.238. The van der Waals surface area contributed by atoms with Gasteiger partial charge in [-0.1, -0.05) is 12.1 Å². The smallest absolute Gasteiger partial charge is 0.406 e. The van der Waals surface area contributed by atoms with Crippen LogP contribution in [-0.4, -0.2) is 31.3 Å². The molecule has 160 valence electrons. The van der Waals surface area contributed by atoms with Crippen LogP contribution < -0.4 is 4.74 Å². The topological polar surface area (TPSA) is 78.9 Å². The average molecular weight is 429 g/mol. The average Bonchev–Trinajstić information content (AvgIpc) is 3.35. The minimum absolute atomic E-state index is 0.219. The van der Waals surface area contributed by atoms with Crippen LogP contribution in [0, 0.1) is 6.92 Å². The molecule has 0 N–H and O–H groups in total. The minimum Gasteiger partial charge on any atom is -0.406 e. The van der Waals surface area contributed by atoms with E-state index in [0.29, 0.717) is 17.8 Å². The number of aromatic nitrogens is 5. The number of hydrogen-bond acceptors (Lipinski definition) is 6. The third kappa shape index (κ3) is 4.90. The molecule has 1 aromatic carbocycles. The van der Waals surface area contributed by atoms with Gasteiger partial charge in [-0.05, 0) is 61.4 Å². The summed E-state index contributed by atoms with van der Waals surface area (Å²) in [5, 5.41) is 8.45. The van der Waals surface area contributed by atoms with Gasteiger partial charge < -0.3 is 9.26 Å². The quantitative estimate of drug-likeness (QED) is 0.438. The van der Waals surface area contributed by atoms with Crippen LogP contribution in [-0.2, 0) is 13.0 Å². The number of ether oxygens (including phenoxy) is 1. The van der Waals surface area contributed by atoms with Gasteiger partial charge in [0.2, 0.25) is 5.82 Å². The zero-order valence-corrected chi connectivity index (χ0v) is 16.7. The molecule has 0 fully saturated rings. The Bertz CT molecular complexity index is 1180. The summed E-state index contributed by atoms with van der Waals surface area (Å²) in [6.45, 7) is 4.55. The second kappa shape index (κ2) is 8.21. The summed E-state index contributed by atoms with van der Waals surface area (Å²) >= 11 is 0. The number of aryl methyl sites for hydroxylation is 2. The van der Waals surface area contributed by atoms with Gasteiger partial charge in [0.15, 0.2) is 5.69 Å². The van der Waals surface area contributed by atoms with Crippen molar-refractivity contribution >= 4 is 0 Å². The summed E-state index contributed by atoms with van der Waals surface area (Å²) < 4.78 is 47.9. The molecule has 0 amide bonds. The van der Waals surface area contributed by atoms with Gasteiger partial charge in [0.05, 0.1) is 6.54 Å². The molecule has 0 saturated carbocycles. The predicted molar refractivity (Wildman–Crippen MR) is 105 cm³/mol. The maximum atomic E-state index is 12.3. The van der Waals surface area contributed by atoms with Crippen LogP contribution in [0.15, 0.2) is 53.2 Å². The zero-order chi connectivity index (χ0) is 22.0. The van der Waals surface area contributed by atoms with Crippen molar-refractivity contribution in [1.82, 2.24) is 24.9 Å². The minimum atomic E-state index is -4.74. The molecule has 3 heterocycles. The van der Waals surface area contributed by atoms with Crippen LogP contribution in [0.2, 0.25) is 0 Å². The summed E-state index contributed by atoms with van der Waals surface area (Å²) in [5.41, 5.74) is 4.01. The van der Waals surface area contributed by atoms with Crippen molar-refractivity contribution < 1.29 is 22.4 Å². The number of halogens is 3. The maximum Gasteiger partial charge on any atom is 0.573 e. The second-order valence-corrected chi connectivity index (χ2v) is 6.83. The lowest BCUT2D eigenvalue weighted by atomic mass is 10.2. The summed E-state index contributed by atoms with van der Waals surface area (Å²) in [6, 6.07) is 11.0. The molecular formula is C21H18F3N5O2. The fourth-order valence-electron chi connectivity index (χ4n) is 3.02. The molecule has 0 bridgehead atoms. The molecule has 0 atom stereocenters. The molecule has 0 radical (unpaired) electrons. The standard InChI is InChI=1S/C21H18F3N5O2/c1-3-16-11-14(8-9-25-16)12-29-13(2)10-18(27-29)20-26-19(28-31-20)15-4-6-17(7-5-15)30-21(22,23)24/h4-11H,3,12H2,1-2H3. The highest BCUT2D eigenvalue weighted by atomic mass is 19.4. The van der Waals surface area contributed by atoms with Crippen molar-refractivity contribution in [2.45, 2.75) is 33.2 Å². The summed E-state index contributed by atoms with van der Waals surface area (Å²) in [7, 11) is 0. The molecule has 0 spiro atoms. The Morgan fingerprint density at radius 1 is 1.10 bits per heavy atom. The first-order valence-electron chi connectivity index (χ1n) is 9.49. The van der Waals surface area contributed by atoms with Crippen molar-refractivity contribution in [3.05, 3.63) is 65.6 Å². The van der Waals surface area contributed by atoms with Crippen LogP contribution in [0.1, 0.15) is 23.9 Å². The van der Waals surface area contributed by atoms with E-state index in [1.54, 1.807) is 6.20 Å². The van der Waals surface area contributed by atoms with Crippen LogP contribution in [0.4, 0.5) is 13.2 Å². The molecule has 3 aromatic heterocycles. The van der Waals surface area contributed by atoms with Gasteiger partial charge in [0, 0.05) is 23.1 Å². The third-order valence-electron chi connectivity index (χ3n) is 4.55. The predicted octanol–water partition coefficient (Wildman–Crippen LogP) is 4.81. The van der Waals surface area contributed by atoms with Gasteiger partial charge in [-0.15, -0.1) is 13.2 Å². The van der Waals surface area contributed by atoms with E-state index in [1.807, 2.05) is 36.7 Å². The molecule has 0 unspecified atom stereocenters. The SMILES string of the molecule is CCc1cc(Cn2nc(-c3nc(-c4ccc(OC(F)(F)F)cc4)no3)cc2C)ccn1. The lowest BCUT2D eigenvalue weighted by molar-refractivity contribution is -0.274. The van der Waals surface area contributed by atoms with Crippen LogP contribution >= 0.6 is 0 Å². The largest absolute Gasteiger partial charge is 0.573 e. The number of pyridine rings is 1. The molecule has 0 aliphatic heterocycles. The number of alkyl halides is 3. The fourth-order valence-corrected chi connectivity index (χ4v) is 3.02. The molecule has 0 saturated heterocycles. The van der Waals surface area contributed by atoms with Crippen molar-refractivity contribution in [3.8, 4) is 28.7 Å². The number of nitrogens with zero attached hydrogens (tertiary/aromatic N) is 5. The first kappa shape index (κ1) is 20.6. The van der Waals surface area contributed by atoms with E-state index >= 15 is 0 Å². The van der Waals surface area contributed by atoms with E-state index in [-0.39, 0.29) is 17.5 Å². The van der Waals surface area contributed by atoms with Crippen molar-refractivity contribution in [2.75, 3.05) is 0 Å². The van der Waals surface area contributed by atoms with E-state index < -0.39 is 6.36 Å². The van der Waals surface area contributed by atoms with E-state index in [1.165, 1.54) is 24.3 Å². The number of benzene rings is 1. The summed E-state index contributed by atoms with van der Waals surface area (Å²) in [5.74, 6) is 0.135. The lowest BCUT2D eigenvalue weighted by Crippen LogP contribution is -2.16. The number of hydrogen-bond donors (Lipinski definition) is 0. The van der Waals surface area contributed by atoms with Crippen LogP contribution in [0.5, 0.6) is 5.75 Å². The van der Waals surface area contributed by atoms with Gasteiger partial charge in [0.25, 0.3) is 5.89 Å². The van der Waals surface area contributed by atoms with E-state index in [4.69, 9.17) is 4.52 Å². The summed E-state index contributed by atoms with van der Waals surface area (Å²) in [4.78, 5) is 8.62. The van der Waals surface area contributed by atoms with Gasteiger partial charge in [-0.25, -0.2) is 0 Å². The first-order chi connectivity index (χ1) is 14.8. The molecule has 0 aliphatic carbocycles. The third-order valence-corrected chi connectivity index (χ3v) is 4.55. The summed E-state index contributed by atoms with van der Waals surface area (Å²) in [6.07, 6.45) is -2.11. The molecule has 0 aliphatic rings. The molecule has 4 rings (SSSR count). The van der Waals surface area contributed by atoms with Gasteiger partial charge >= 0.3 is 6.36 Å². The highest BCUT2D eigenvalue weighted by Crippen LogP contribution is 2.27. The molecule has 31 heavy (non-hydrogen) atoms. The normalized spacial score (nSPS) is 11.6. The molecule has 10 heteroatoms. The Hall–Kier alpha value is -3.69. The van der Waals surface area contributed by atoms with Gasteiger partial charge in [-0.3, -0.25) is 9.67 Å². The van der Waals surface area contributed by atoms with E-state index in [9.17, 15) is 13.2 Å². The first-order valence-corrected chi connectivity index (χ1v) is 9.49. The molecule has 7 nitrogen and oxygen atoms in total. The second-order valence-electron chi connectivity index (χ2n) is 6.83. The number of rotatable bonds is 6. The Kier molecular flexibility index (Phi) is 5.45. The Balaban J connectivity index is 1.52. The van der Waals surface area contributed by atoms with E-state index in [0.717, 1.165) is 23.4 Å². The van der Waals surface area contributed by atoms with Gasteiger partial charge in [0.1, 0.15) is 5.75 Å².